The molecule has 1 atom stereocenters. The van der Waals surface area contributed by atoms with E-state index >= 15 is 0 Å². The van der Waals surface area contributed by atoms with Crippen LogP contribution in [-0.2, 0) is 4.79 Å². The van der Waals surface area contributed by atoms with Gasteiger partial charge in [0.15, 0.2) is 5.96 Å². The minimum absolute atomic E-state index is 0. The zero-order valence-electron chi connectivity index (χ0n) is 18.0. The molecule has 0 spiro atoms. The summed E-state index contributed by atoms with van der Waals surface area (Å²) in [5.41, 5.74) is -0.253. The minimum atomic E-state index is -0.253. The Kier molecular flexibility index (Phi) is 15.5. The Balaban J connectivity index is 0. The zero-order chi connectivity index (χ0) is 20.2. The van der Waals surface area contributed by atoms with Gasteiger partial charge in [0.1, 0.15) is 6.54 Å². The molecule has 0 aliphatic carbocycles. The van der Waals surface area contributed by atoms with E-state index in [9.17, 15) is 4.79 Å². The number of aliphatic imine (C=N–C) groups is 1. The van der Waals surface area contributed by atoms with Crippen molar-refractivity contribution in [2.24, 2.45) is 10.9 Å². The van der Waals surface area contributed by atoms with Crippen molar-refractivity contribution >= 4 is 35.8 Å². The summed E-state index contributed by atoms with van der Waals surface area (Å²) in [5, 5.41) is 9.48. The predicted octanol–water partition coefficient (Wildman–Crippen LogP) is 2.77. The van der Waals surface area contributed by atoms with E-state index in [0.717, 1.165) is 26.2 Å². The Bertz CT molecular complexity index is 461. The summed E-state index contributed by atoms with van der Waals surface area (Å²) in [7, 11) is 0. The van der Waals surface area contributed by atoms with Gasteiger partial charge < -0.3 is 16.0 Å². The van der Waals surface area contributed by atoms with E-state index in [1.165, 1.54) is 0 Å². The quantitative estimate of drug-likeness (QED) is 0.179. The number of nitrogens with one attached hydrogen (secondary N) is 3. The number of hydrogen-bond donors (Lipinski definition) is 3. The summed E-state index contributed by atoms with van der Waals surface area (Å²) >= 11 is 0. The first-order valence-corrected chi connectivity index (χ1v) is 9.43. The van der Waals surface area contributed by atoms with Crippen molar-refractivity contribution in [3.63, 3.8) is 0 Å². The molecule has 0 saturated carbocycles. The smallest absolute Gasteiger partial charge is 0.242 e. The third kappa shape index (κ3) is 13.7. The van der Waals surface area contributed by atoms with E-state index in [-0.39, 0.29) is 42.0 Å². The summed E-state index contributed by atoms with van der Waals surface area (Å²) in [4.78, 5) is 18.7. The number of rotatable bonds is 11. The van der Waals surface area contributed by atoms with Gasteiger partial charge in [-0.2, -0.15) is 0 Å². The lowest BCUT2D eigenvalue weighted by Crippen LogP contribution is -2.50. The fraction of sp³-hybridized carbons (Fsp3) is 0.700. The molecule has 0 saturated heterocycles. The third-order valence-corrected chi connectivity index (χ3v) is 3.68. The highest BCUT2D eigenvalue weighted by Crippen LogP contribution is 2.10. The molecule has 7 heteroatoms. The molecule has 0 bridgehead atoms. The maximum absolute atomic E-state index is 12.0. The van der Waals surface area contributed by atoms with Gasteiger partial charge in [0, 0.05) is 37.8 Å². The van der Waals surface area contributed by atoms with Crippen molar-refractivity contribution in [2.45, 2.75) is 53.1 Å². The maximum Gasteiger partial charge on any atom is 0.242 e. The highest BCUT2D eigenvalue weighted by molar-refractivity contribution is 14.0. The molecule has 6 nitrogen and oxygen atoms in total. The molecule has 0 fully saturated rings. The van der Waals surface area contributed by atoms with E-state index in [1.807, 2.05) is 39.8 Å². The molecule has 0 radical (unpaired) electrons. The summed E-state index contributed by atoms with van der Waals surface area (Å²) in [5.74, 6) is 1.02. The molecule has 0 aliphatic heterocycles. The van der Waals surface area contributed by atoms with Crippen LogP contribution in [-0.4, -0.2) is 61.1 Å². The molecular weight excluding hydrogens is 453 g/mol. The number of amides is 1. The average Bonchev–Trinajstić information content (AvgIpc) is 2.51. The molecule has 0 aromatic rings. The molecule has 0 aliphatic rings. The van der Waals surface area contributed by atoms with E-state index < -0.39 is 0 Å². The highest BCUT2D eigenvalue weighted by atomic mass is 127. The first-order valence-electron chi connectivity index (χ1n) is 9.43. The van der Waals surface area contributed by atoms with Crippen molar-refractivity contribution in [3.05, 3.63) is 25.3 Å². The number of hydrogen-bond acceptors (Lipinski definition) is 3. The molecule has 1 amide bonds. The molecule has 3 N–H and O–H groups in total. The standard InChI is InChI=1S/C20H39N5O.HI/c1-9-12-25(13-10-2)17(16(4)5)14-22-19(21-11-3)23-15-18(26)24-20(6,7)8;/h9-10,16-17H,1-2,11-15H2,3-8H3,(H,24,26)(H2,21,22,23);1H. The van der Waals surface area contributed by atoms with Crippen LogP contribution in [0.2, 0.25) is 0 Å². The number of nitrogens with zero attached hydrogens (tertiary/aromatic N) is 2. The van der Waals surface area contributed by atoms with Crippen LogP contribution < -0.4 is 16.0 Å². The summed E-state index contributed by atoms with van der Waals surface area (Å²) in [6, 6.07) is 0.304. The fourth-order valence-electron chi connectivity index (χ4n) is 2.62. The van der Waals surface area contributed by atoms with Crippen molar-refractivity contribution in [3.8, 4) is 0 Å². The molecule has 0 rings (SSSR count). The monoisotopic (exact) mass is 493 g/mol. The number of carbonyl (C=O) groups excluding carboxylic acids is 1. The zero-order valence-corrected chi connectivity index (χ0v) is 20.3. The Labute approximate surface area is 183 Å². The number of carbonyl (C=O) groups is 1. The second kappa shape index (κ2) is 14.9. The van der Waals surface area contributed by atoms with Crippen molar-refractivity contribution < 1.29 is 4.79 Å². The molecule has 1 unspecified atom stereocenters. The summed E-state index contributed by atoms with van der Waals surface area (Å²) < 4.78 is 0. The lowest BCUT2D eigenvalue weighted by atomic mass is 10.0. The van der Waals surface area contributed by atoms with Gasteiger partial charge in [-0.05, 0) is 33.6 Å². The lowest BCUT2D eigenvalue weighted by Gasteiger charge is -2.33. The molecule has 158 valence electrons. The fourth-order valence-corrected chi connectivity index (χ4v) is 2.62. The first-order chi connectivity index (χ1) is 12.1. The van der Waals surface area contributed by atoms with Gasteiger partial charge in [-0.3, -0.25) is 9.69 Å². The Morgan fingerprint density at radius 3 is 2.11 bits per heavy atom. The van der Waals surface area contributed by atoms with Gasteiger partial charge in [-0.1, -0.05) is 26.0 Å². The van der Waals surface area contributed by atoms with Gasteiger partial charge in [-0.15, -0.1) is 37.1 Å². The van der Waals surface area contributed by atoms with Crippen LogP contribution in [0.25, 0.3) is 0 Å². The Hall–Kier alpha value is -1.09. The van der Waals surface area contributed by atoms with Crippen molar-refractivity contribution in [1.82, 2.24) is 20.9 Å². The van der Waals surface area contributed by atoms with Gasteiger partial charge in [0.25, 0.3) is 0 Å². The molecule has 0 heterocycles. The molecule has 0 aromatic carbocycles. The van der Waals surface area contributed by atoms with Crippen LogP contribution >= 0.6 is 24.0 Å². The predicted molar refractivity (Wildman–Crippen MR) is 128 cm³/mol. The minimum Gasteiger partial charge on any atom is -0.357 e. The van der Waals surface area contributed by atoms with Gasteiger partial charge in [0.05, 0.1) is 0 Å². The average molecular weight is 493 g/mol. The highest BCUT2D eigenvalue weighted by Gasteiger charge is 2.20. The maximum atomic E-state index is 12.0. The largest absolute Gasteiger partial charge is 0.357 e. The Morgan fingerprint density at radius 2 is 1.70 bits per heavy atom. The Morgan fingerprint density at radius 1 is 1.15 bits per heavy atom. The van der Waals surface area contributed by atoms with E-state index in [1.54, 1.807) is 0 Å². The van der Waals surface area contributed by atoms with Gasteiger partial charge >= 0.3 is 0 Å². The first kappa shape index (κ1) is 28.1. The van der Waals surface area contributed by atoms with Crippen LogP contribution in [0.4, 0.5) is 0 Å². The number of halogens is 1. The summed E-state index contributed by atoms with van der Waals surface area (Å²) in [6.07, 6.45) is 3.82. The van der Waals surface area contributed by atoms with E-state index in [4.69, 9.17) is 0 Å². The van der Waals surface area contributed by atoms with Gasteiger partial charge in [0.2, 0.25) is 5.91 Å². The van der Waals surface area contributed by atoms with Crippen LogP contribution in [0.1, 0.15) is 41.5 Å². The van der Waals surface area contributed by atoms with Crippen molar-refractivity contribution in [2.75, 3.05) is 32.7 Å². The number of guanidine groups is 1. The molecular formula is C20H40IN5O. The van der Waals surface area contributed by atoms with E-state index in [2.05, 4.69) is 52.8 Å². The van der Waals surface area contributed by atoms with Crippen molar-refractivity contribution in [1.29, 1.82) is 0 Å². The van der Waals surface area contributed by atoms with Crippen LogP contribution in [0.5, 0.6) is 0 Å². The van der Waals surface area contributed by atoms with Crippen LogP contribution in [0.3, 0.4) is 0 Å². The third-order valence-electron chi connectivity index (χ3n) is 3.68. The topological polar surface area (TPSA) is 68.8 Å². The lowest BCUT2D eigenvalue weighted by molar-refractivity contribution is -0.121. The van der Waals surface area contributed by atoms with E-state index in [0.29, 0.717) is 17.9 Å². The van der Waals surface area contributed by atoms with Crippen LogP contribution in [0, 0.1) is 5.92 Å². The second-order valence-electron chi connectivity index (χ2n) is 7.72. The SMILES string of the molecule is C=CCN(CC=C)C(CNC(=NCC(=O)NC(C)(C)C)NCC)C(C)C.I. The summed E-state index contributed by atoms with van der Waals surface area (Å²) in [6.45, 7) is 23.2. The molecule has 0 aromatic heterocycles. The molecule has 27 heavy (non-hydrogen) atoms. The normalized spacial score (nSPS) is 13.0. The van der Waals surface area contributed by atoms with Crippen LogP contribution in [0.15, 0.2) is 30.3 Å². The second-order valence-corrected chi connectivity index (χ2v) is 7.72. The van der Waals surface area contributed by atoms with Gasteiger partial charge in [-0.25, -0.2) is 4.99 Å².